The smallest absolute Gasteiger partial charge is 0.290 e. The summed E-state index contributed by atoms with van der Waals surface area (Å²) in [5.74, 6) is -0.954. The molecule has 28 heavy (non-hydrogen) atoms. The maximum Gasteiger partial charge on any atom is 0.290 e. The van der Waals surface area contributed by atoms with E-state index in [9.17, 15) is 14.4 Å². The summed E-state index contributed by atoms with van der Waals surface area (Å²) in [5.41, 5.74) is 0.855. The highest BCUT2D eigenvalue weighted by Crippen LogP contribution is 2.32. The summed E-state index contributed by atoms with van der Waals surface area (Å²) in [6.07, 6.45) is 4.96. The van der Waals surface area contributed by atoms with E-state index in [4.69, 9.17) is 9.68 Å². The Hall–Kier alpha value is -3.40. The van der Waals surface area contributed by atoms with Crippen molar-refractivity contribution in [2.75, 3.05) is 4.90 Å². The molecule has 4 rings (SSSR count). The van der Waals surface area contributed by atoms with Gasteiger partial charge in [-0.1, -0.05) is 12.8 Å². The first-order valence-corrected chi connectivity index (χ1v) is 9.33. The quantitative estimate of drug-likeness (QED) is 0.764. The first-order valence-electron chi connectivity index (χ1n) is 9.33. The monoisotopic (exact) mass is 377 g/mol. The first-order chi connectivity index (χ1) is 13.6. The normalized spacial score (nSPS) is 19.8. The number of imide groups is 1. The largest absolute Gasteiger partial charge is 0.459 e. The molecule has 1 saturated carbocycles. The highest BCUT2D eigenvalue weighted by atomic mass is 16.3. The second kappa shape index (κ2) is 7.31. The zero-order chi connectivity index (χ0) is 19.7. The van der Waals surface area contributed by atoms with Gasteiger partial charge in [-0.25, -0.2) is 4.90 Å². The molecular weight excluding hydrogens is 358 g/mol. The van der Waals surface area contributed by atoms with Crippen molar-refractivity contribution in [3.8, 4) is 6.07 Å². The number of nitrogens with zero attached hydrogens (tertiary/aromatic N) is 3. The van der Waals surface area contributed by atoms with Crippen LogP contribution in [0.2, 0.25) is 0 Å². The predicted molar refractivity (Wildman–Crippen MR) is 99.2 cm³/mol. The fourth-order valence-corrected chi connectivity index (χ4v) is 4.06. The van der Waals surface area contributed by atoms with Crippen molar-refractivity contribution in [2.24, 2.45) is 0 Å². The molecule has 2 aliphatic rings. The highest BCUT2D eigenvalue weighted by Gasteiger charge is 2.47. The number of amides is 3. The van der Waals surface area contributed by atoms with E-state index in [1.165, 1.54) is 6.26 Å². The molecule has 1 saturated heterocycles. The zero-order valence-corrected chi connectivity index (χ0v) is 15.2. The lowest BCUT2D eigenvalue weighted by molar-refractivity contribution is -0.123. The van der Waals surface area contributed by atoms with Gasteiger partial charge < -0.3 is 9.32 Å². The fourth-order valence-electron chi connectivity index (χ4n) is 4.06. The topological polar surface area (TPSA) is 94.6 Å². The van der Waals surface area contributed by atoms with Gasteiger partial charge >= 0.3 is 0 Å². The number of hydrogen-bond acceptors (Lipinski definition) is 5. The van der Waals surface area contributed by atoms with Crippen LogP contribution in [0.25, 0.3) is 0 Å². The summed E-state index contributed by atoms with van der Waals surface area (Å²) in [7, 11) is 0. The highest BCUT2D eigenvalue weighted by molar-refractivity contribution is 6.23. The number of anilines is 1. The summed E-state index contributed by atoms with van der Waals surface area (Å²) in [6.45, 7) is 0. The number of hydrogen-bond donors (Lipinski definition) is 0. The maximum absolute atomic E-state index is 13.2. The van der Waals surface area contributed by atoms with E-state index >= 15 is 0 Å². The third kappa shape index (κ3) is 3.07. The number of benzene rings is 1. The zero-order valence-electron chi connectivity index (χ0n) is 15.2. The lowest BCUT2D eigenvalue weighted by Crippen LogP contribution is -2.50. The molecule has 2 fully saturated rings. The summed E-state index contributed by atoms with van der Waals surface area (Å²) < 4.78 is 5.26. The number of rotatable bonds is 4. The van der Waals surface area contributed by atoms with E-state index in [2.05, 4.69) is 0 Å². The Bertz CT molecular complexity index is 937. The van der Waals surface area contributed by atoms with E-state index in [0.717, 1.165) is 30.6 Å². The molecule has 1 aliphatic carbocycles. The minimum Gasteiger partial charge on any atom is -0.459 e. The molecule has 142 valence electrons. The van der Waals surface area contributed by atoms with Gasteiger partial charge in [0.25, 0.3) is 11.8 Å². The number of nitriles is 1. The van der Waals surface area contributed by atoms with Crippen LogP contribution in [0.5, 0.6) is 0 Å². The van der Waals surface area contributed by atoms with E-state index in [0.29, 0.717) is 11.3 Å². The molecule has 1 aliphatic heterocycles. The van der Waals surface area contributed by atoms with Gasteiger partial charge in [0.05, 0.1) is 30.0 Å². The summed E-state index contributed by atoms with van der Waals surface area (Å²) in [5, 5.41) is 8.93. The third-order valence-corrected chi connectivity index (χ3v) is 5.40. The average Bonchev–Trinajstić information content (AvgIpc) is 3.46. The fraction of sp³-hybridized carbons (Fsp3) is 0.333. The van der Waals surface area contributed by atoms with Gasteiger partial charge in [-0.05, 0) is 49.2 Å². The van der Waals surface area contributed by atoms with Crippen LogP contribution < -0.4 is 4.90 Å². The molecular formula is C21H19N3O4. The Morgan fingerprint density at radius 1 is 1.14 bits per heavy atom. The summed E-state index contributed by atoms with van der Waals surface area (Å²) in [4.78, 5) is 41.6. The lowest BCUT2D eigenvalue weighted by Gasteiger charge is -2.32. The van der Waals surface area contributed by atoms with E-state index in [1.807, 2.05) is 6.07 Å². The molecule has 0 N–H and O–H groups in total. The summed E-state index contributed by atoms with van der Waals surface area (Å²) in [6, 6.07) is 10.6. The molecule has 2 aromatic rings. The Kier molecular flexibility index (Phi) is 4.70. The number of carbonyl (C=O) groups is 3. The van der Waals surface area contributed by atoms with E-state index in [-0.39, 0.29) is 30.0 Å². The molecule has 1 atom stereocenters. The van der Waals surface area contributed by atoms with Crippen molar-refractivity contribution in [1.29, 1.82) is 5.26 Å². The van der Waals surface area contributed by atoms with Gasteiger partial charge in [-0.2, -0.15) is 5.26 Å². The standard InChI is InChI=1S/C21H19N3O4/c22-13-14-7-9-16(10-8-14)24-19(25)12-17(20(24)26)23(15-4-1-2-5-15)21(27)18-6-3-11-28-18/h3,6-11,15,17H,1-2,4-5,12H2. The second-order valence-corrected chi connectivity index (χ2v) is 7.07. The van der Waals surface area contributed by atoms with Crippen LogP contribution in [0.1, 0.15) is 48.2 Å². The van der Waals surface area contributed by atoms with Gasteiger partial charge in [0.1, 0.15) is 6.04 Å². The Morgan fingerprint density at radius 2 is 1.86 bits per heavy atom. The minimum absolute atomic E-state index is 0.0538. The molecule has 1 unspecified atom stereocenters. The van der Waals surface area contributed by atoms with Crippen LogP contribution in [0.3, 0.4) is 0 Å². The molecule has 0 spiro atoms. The Labute approximate surface area is 162 Å². The minimum atomic E-state index is -0.844. The van der Waals surface area contributed by atoms with Crippen LogP contribution in [0, 0.1) is 11.3 Å². The summed E-state index contributed by atoms with van der Waals surface area (Å²) >= 11 is 0. The van der Waals surface area contributed by atoms with E-state index < -0.39 is 11.9 Å². The van der Waals surface area contributed by atoms with E-state index in [1.54, 1.807) is 41.3 Å². The molecule has 7 heteroatoms. The SMILES string of the molecule is N#Cc1ccc(N2C(=O)CC(N(C(=O)c3ccco3)C3CCCC3)C2=O)cc1. The van der Waals surface area contributed by atoms with Gasteiger partial charge in [-0.3, -0.25) is 14.4 Å². The van der Waals surface area contributed by atoms with Gasteiger partial charge in [0.2, 0.25) is 5.91 Å². The van der Waals surface area contributed by atoms with Crippen molar-refractivity contribution in [1.82, 2.24) is 4.90 Å². The van der Waals surface area contributed by atoms with Crippen molar-refractivity contribution in [3.05, 3.63) is 54.0 Å². The van der Waals surface area contributed by atoms with Crippen molar-refractivity contribution < 1.29 is 18.8 Å². The van der Waals surface area contributed by atoms with Crippen LogP contribution in [0.15, 0.2) is 47.1 Å². The van der Waals surface area contributed by atoms with Crippen LogP contribution in [-0.2, 0) is 9.59 Å². The molecule has 1 aromatic heterocycles. The first kappa shape index (κ1) is 18.0. The van der Waals surface area contributed by atoms with Crippen LogP contribution in [0.4, 0.5) is 5.69 Å². The van der Waals surface area contributed by atoms with Crippen LogP contribution >= 0.6 is 0 Å². The van der Waals surface area contributed by atoms with Crippen LogP contribution in [-0.4, -0.2) is 34.7 Å². The van der Waals surface area contributed by atoms with Crippen molar-refractivity contribution >= 4 is 23.4 Å². The molecule has 0 radical (unpaired) electrons. The average molecular weight is 377 g/mol. The predicted octanol–water partition coefficient (Wildman–Crippen LogP) is 2.87. The van der Waals surface area contributed by atoms with Crippen molar-refractivity contribution in [2.45, 2.75) is 44.2 Å². The Balaban J connectivity index is 1.65. The third-order valence-electron chi connectivity index (χ3n) is 5.40. The van der Waals surface area contributed by atoms with Gasteiger partial charge in [-0.15, -0.1) is 0 Å². The van der Waals surface area contributed by atoms with Gasteiger partial charge in [0.15, 0.2) is 5.76 Å². The molecule has 2 heterocycles. The second-order valence-electron chi connectivity index (χ2n) is 7.07. The maximum atomic E-state index is 13.2. The number of furan rings is 1. The molecule has 0 bridgehead atoms. The molecule has 1 aromatic carbocycles. The number of carbonyl (C=O) groups excluding carboxylic acids is 3. The Morgan fingerprint density at radius 3 is 2.46 bits per heavy atom. The lowest BCUT2D eigenvalue weighted by atomic mass is 10.1. The van der Waals surface area contributed by atoms with Gasteiger partial charge in [0, 0.05) is 6.04 Å². The van der Waals surface area contributed by atoms with Crippen molar-refractivity contribution in [3.63, 3.8) is 0 Å². The molecule has 7 nitrogen and oxygen atoms in total. The molecule has 3 amide bonds.